The van der Waals surface area contributed by atoms with Crippen molar-refractivity contribution in [2.24, 2.45) is 4.99 Å². The maximum atomic E-state index is 4.31. The molecule has 2 aromatic heterocycles. The van der Waals surface area contributed by atoms with Crippen LogP contribution in [0.15, 0.2) is 29.4 Å². The van der Waals surface area contributed by atoms with Crippen molar-refractivity contribution < 1.29 is 0 Å². The van der Waals surface area contributed by atoms with Crippen LogP contribution in [-0.4, -0.2) is 40.2 Å². The lowest BCUT2D eigenvalue weighted by Gasteiger charge is -2.17. The summed E-state index contributed by atoms with van der Waals surface area (Å²) in [5.41, 5.74) is 0.885. The summed E-state index contributed by atoms with van der Waals surface area (Å²) in [6.45, 7) is 5.23. The van der Waals surface area contributed by atoms with Crippen molar-refractivity contribution in [3.63, 3.8) is 0 Å². The molecule has 1 unspecified atom stereocenters. The summed E-state index contributed by atoms with van der Waals surface area (Å²) in [5, 5.41) is 15.2. The Morgan fingerprint density at radius 3 is 2.84 bits per heavy atom. The van der Waals surface area contributed by atoms with E-state index < -0.39 is 0 Å². The van der Waals surface area contributed by atoms with Gasteiger partial charge in [-0.05, 0) is 25.5 Å². The van der Waals surface area contributed by atoms with Crippen molar-refractivity contribution in [1.29, 1.82) is 0 Å². The van der Waals surface area contributed by atoms with E-state index in [-0.39, 0.29) is 24.0 Å². The molecule has 6 nitrogen and oxygen atoms in total. The van der Waals surface area contributed by atoms with Gasteiger partial charge in [0.15, 0.2) is 11.6 Å². The molecule has 2 N–H and O–H groups in total. The fourth-order valence-corrected chi connectivity index (χ4v) is 2.73. The number of aromatic nitrogens is 3. The molecule has 0 saturated carbocycles. The second-order valence-corrected chi connectivity index (χ2v) is 6.19. The Morgan fingerprint density at radius 2 is 2.08 bits per heavy atom. The Labute approximate surface area is 167 Å². The molecule has 0 aliphatic rings. The molecule has 25 heavy (non-hydrogen) atoms. The molecule has 0 saturated heterocycles. The van der Waals surface area contributed by atoms with Crippen molar-refractivity contribution in [2.75, 3.05) is 13.6 Å². The number of rotatable bonds is 9. The monoisotopic (exact) mass is 458 g/mol. The summed E-state index contributed by atoms with van der Waals surface area (Å²) in [4.78, 5) is 4.31. The van der Waals surface area contributed by atoms with E-state index in [9.17, 15) is 0 Å². The zero-order chi connectivity index (χ0) is 17.2. The Morgan fingerprint density at radius 1 is 1.24 bits per heavy atom. The van der Waals surface area contributed by atoms with E-state index in [0.29, 0.717) is 6.04 Å². The first-order valence-corrected chi connectivity index (χ1v) is 9.00. The van der Waals surface area contributed by atoms with Gasteiger partial charge in [-0.25, -0.2) is 0 Å². The lowest BCUT2D eigenvalue weighted by molar-refractivity contribution is 0.537. The van der Waals surface area contributed by atoms with Crippen LogP contribution in [0.3, 0.4) is 0 Å². The third-order valence-corrected chi connectivity index (χ3v) is 4.12. The zero-order valence-corrected chi connectivity index (χ0v) is 17.9. The lowest BCUT2D eigenvalue weighted by Crippen LogP contribution is -2.43. The minimum absolute atomic E-state index is 0. The van der Waals surface area contributed by atoms with Gasteiger partial charge in [0, 0.05) is 32.3 Å². The lowest BCUT2D eigenvalue weighted by atomic mass is 10.1. The number of hydrogen-bond acceptors (Lipinski definition) is 3. The van der Waals surface area contributed by atoms with Crippen LogP contribution in [0.1, 0.15) is 51.8 Å². The van der Waals surface area contributed by atoms with Gasteiger partial charge in [-0.2, -0.15) is 0 Å². The van der Waals surface area contributed by atoms with E-state index in [4.69, 9.17) is 0 Å². The summed E-state index contributed by atoms with van der Waals surface area (Å²) >= 11 is 0. The SMILES string of the molecule is CCCCCCC(C)NC(=NC)NCCc1nnc2ccccn12.I. The van der Waals surface area contributed by atoms with E-state index >= 15 is 0 Å². The number of nitrogens with one attached hydrogen (secondary N) is 2. The van der Waals surface area contributed by atoms with Gasteiger partial charge in [-0.3, -0.25) is 9.39 Å². The quantitative estimate of drug-likeness (QED) is 0.262. The molecule has 1 atom stereocenters. The minimum Gasteiger partial charge on any atom is -0.356 e. The number of unbranched alkanes of at least 4 members (excludes halogenated alkanes) is 3. The molecule has 0 amide bonds. The highest BCUT2D eigenvalue weighted by Crippen LogP contribution is 2.05. The van der Waals surface area contributed by atoms with Crippen molar-refractivity contribution in [2.45, 2.75) is 58.4 Å². The highest BCUT2D eigenvalue weighted by atomic mass is 127. The molecule has 2 heterocycles. The molecule has 0 bridgehead atoms. The van der Waals surface area contributed by atoms with Crippen molar-refractivity contribution >= 4 is 35.6 Å². The Hall–Kier alpha value is -1.38. The smallest absolute Gasteiger partial charge is 0.191 e. The third kappa shape index (κ3) is 7.17. The van der Waals surface area contributed by atoms with Gasteiger partial charge in [-0.1, -0.05) is 38.7 Å². The predicted molar refractivity (Wildman–Crippen MR) is 115 cm³/mol. The average molecular weight is 458 g/mol. The molecule has 7 heteroatoms. The highest BCUT2D eigenvalue weighted by Gasteiger charge is 2.07. The molecule has 0 fully saturated rings. The maximum Gasteiger partial charge on any atom is 0.191 e. The number of nitrogens with zero attached hydrogens (tertiary/aromatic N) is 4. The molecule has 0 aliphatic heterocycles. The standard InChI is InChI=1S/C18H30N6.HI/c1-4-5-6-7-10-15(2)21-18(19-3)20-13-12-17-23-22-16-11-8-9-14-24(16)17;/h8-9,11,14-15H,4-7,10,12-13H2,1-3H3,(H2,19,20,21);1H. The third-order valence-electron chi connectivity index (χ3n) is 4.12. The zero-order valence-electron chi connectivity index (χ0n) is 15.5. The van der Waals surface area contributed by atoms with Crippen LogP contribution in [0, 0.1) is 0 Å². The van der Waals surface area contributed by atoms with E-state index in [1.807, 2.05) is 35.8 Å². The molecule has 140 valence electrons. The summed E-state index contributed by atoms with van der Waals surface area (Å²) in [5.74, 6) is 1.81. The Bertz CT molecular complexity index is 639. The van der Waals surface area contributed by atoms with E-state index in [1.165, 1.54) is 32.1 Å². The number of pyridine rings is 1. The van der Waals surface area contributed by atoms with Crippen LogP contribution >= 0.6 is 24.0 Å². The Balaban J connectivity index is 0.00000312. The molecule has 2 aromatic rings. The second-order valence-electron chi connectivity index (χ2n) is 6.19. The van der Waals surface area contributed by atoms with Gasteiger partial charge in [0.25, 0.3) is 0 Å². The van der Waals surface area contributed by atoms with Crippen LogP contribution in [0.2, 0.25) is 0 Å². The summed E-state index contributed by atoms with van der Waals surface area (Å²) in [6, 6.07) is 6.36. The molecule has 0 spiro atoms. The number of aliphatic imine (C=N–C) groups is 1. The second kappa shape index (κ2) is 12.1. The van der Waals surface area contributed by atoms with Crippen molar-refractivity contribution in [3.8, 4) is 0 Å². The average Bonchev–Trinajstić information content (AvgIpc) is 3.01. The number of hydrogen-bond donors (Lipinski definition) is 2. The van der Waals surface area contributed by atoms with Crippen molar-refractivity contribution in [3.05, 3.63) is 30.2 Å². The highest BCUT2D eigenvalue weighted by molar-refractivity contribution is 14.0. The van der Waals surface area contributed by atoms with Gasteiger partial charge in [0.1, 0.15) is 5.82 Å². The number of fused-ring (bicyclic) bond motifs is 1. The minimum atomic E-state index is 0. The molecule has 0 radical (unpaired) electrons. The first-order chi connectivity index (χ1) is 11.7. The van der Waals surface area contributed by atoms with Gasteiger partial charge >= 0.3 is 0 Å². The van der Waals surface area contributed by atoms with Crippen LogP contribution in [0.4, 0.5) is 0 Å². The first kappa shape index (κ1) is 21.7. The fraction of sp³-hybridized carbons (Fsp3) is 0.611. The Kier molecular flexibility index (Phi) is 10.4. The van der Waals surface area contributed by atoms with E-state index in [2.05, 4.69) is 39.7 Å². The fourth-order valence-electron chi connectivity index (χ4n) is 2.73. The molecule has 0 aliphatic carbocycles. The summed E-state index contributed by atoms with van der Waals surface area (Å²) in [7, 11) is 1.81. The maximum absolute atomic E-state index is 4.31. The molecular formula is C18H31IN6. The molecule has 2 rings (SSSR count). The number of guanidine groups is 1. The van der Waals surface area contributed by atoms with Crippen LogP contribution < -0.4 is 10.6 Å². The van der Waals surface area contributed by atoms with E-state index in [1.54, 1.807) is 0 Å². The van der Waals surface area contributed by atoms with Crippen molar-refractivity contribution in [1.82, 2.24) is 25.2 Å². The number of halogens is 1. The molecular weight excluding hydrogens is 427 g/mol. The predicted octanol–water partition coefficient (Wildman–Crippen LogP) is 3.41. The molecule has 0 aromatic carbocycles. The van der Waals surface area contributed by atoms with Gasteiger partial charge in [0.05, 0.1) is 0 Å². The van der Waals surface area contributed by atoms with Gasteiger partial charge in [0.2, 0.25) is 0 Å². The van der Waals surface area contributed by atoms with Crippen LogP contribution in [0.5, 0.6) is 0 Å². The van der Waals surface area contributed by atoms with Gasteiger partial charge < -0.3 is 10.6 Å². The van der Waals surface area contributed by atoms with E-state index in [0.717, 1.165) is 30.4 Å². The topological polar surface area (TPSA) is 66.6 Å². The van der Waals surface area contributed by atoms with Gasteiger partial charge in [-0.15, -0.1) is 34.2 Å². The summed E-state index contributed by atoms with van der Waals surface area (Å²) < 4.78 is 2.02. The van der Waals surface area contributed by atoms with Crippen LogP contribution in [-0.2, 0) is 6.42 Å². The normalized spacial score (nSPS) is 12.7. The first-order valence-electron chi connectivity index (χ1n) is 9.00. The summed E-state index contributed by atoms with van der Waals surface area (Å²) in [6.07, 6.45) is 9.16. The largest absolute Gasteiger partial charge is 0.356 e. The van der Waals surface area contributed by atoms with Crippen LogP contribution in [0.25, 0.3) is 5.65 Å².